The Morgan fingerprint density at radius 3 is 2.52 bits per heavy atom. The lowest BCUT2D eigenvalue weighted by Gasteiger charge is -2.28. The Balaban J connectivity index is 1.82. The van der Waals surface area contributed by atoms with Crippen molar-refractivity contribution in [3.63, 3.8) is 0 Å². The van der Waals surface area contributed by atoms with Gasteiger partial charge in [0.1, 0.15) is 5.15 Å². The monoisotopic (exact) mass is 405 g/mol. The van der Waals surface area contributed by atoms with Gasteiger partial charge in [-0.2, -0.15) is 5.10 Å². The number of hydrogen-bond donors (Lipinski definition) is 0. The summed E-state index contributed by atoms with van der Waals surface area (Å²) in [5.41, 5.74) is 4.18. The molecule has 0 unspecified atom stereocenters. The lowest BCUT2D eigenvalue weighted by molar-refractivity contribution is -0.141. The molecule has 0 saturated heterocycles. The van der Waals surface area contributed by atoms with Gasteiger partial charge >= 0.3 is 0 Å². The van der Waals surface area contributed by atoms with Crippen LogP contribution in [0.3, 0.4) is 0 Å². The number of benzene rings is 2. The van der Waals surface area contributed by atoms with Gasteiger partial charge in [-0.1, -0.05) is 74.3 Å². The van der Waals surface area contributed by atoms with Crippen LogP contribution in [-0.4, -0.2) is 21.6 Å². The Morgan fingerprint density at radius 2 is 1.83 bits per heavy atom. The molecule has 148 valence electrons. The fraction of sp³-hybridized carbons (Fsp3) is 0.292. The van der Waals surface area contributed by atoms with E-state index in [0.717, 1.165) is 33.3 Å². The molecule has 4 rings (SSSR count). The van der Waals surface area contributed by atoms with E-state index in [1.54, 1.807) is 5.01 Å². The van der Waals surface area contributed by atoms with E-state index < -0.39 is 5.41 Å². The van der Waals surface area contributed by atoms with E-state index in [1.165, 1.54) is 0 Å². The smallest absolute Gasteiger partial charge is 0.248 e. The van der Waals surface area contributed by atoms with E-state index in [4.69, 9.17) is 16.7 Å². The molecule has 1 atom stereocenters. The molecule has 4 nitrogen and oxygen atoms in total. The van der Waals surface area contributed by atoms with E-state index in [1.807, 2.05) is 63.2 Å². The molecule has 2 heterocycles. The van der Waals surface area contributed by atoms with Gasteiger partial charge in [0.25, 0.3) is 0 Å². The third kappa shape index (κ3) is 3.77. The Kier molecular flexibility index (Phi) is 4.91. The van der Waals surface area contributed by atoms with Crippen LogP contribution in [0.4, 0.5) is 0 Å². The normalized spacial score (nSPS) is 16.9. The first-order chi connectivity index (χ1) is 13.7. The van der Waals surface area contributed by atoms with Crippen LogP contribution in [0.25, 0.3) is 10.9 Å². The predicted molar refractivity (Wildman–Crippen MR) is 118 cm³/mol. The molecule has 2 aromatic carbocycles. The van der Waals surface area contributed by atoms with Crippen molar-refractivity contribution >= 4 is 34.1 Å². The van der Waals surface area contributed by atoms with Gasteiger partial charge in [0, 0.05) is 22.8 Å². The maximum atomic E-state index is 13.2. The van der Waals surface area contributed by atoms with E-state index in [-0.39, 0.29) is 11.9 Å². The highest BCUT2D eigenvalue weighted by molar-refractivity contribution is 6.30. The summed E-state index contributed by atoms with van der Waals surface area (Å²) < 4.78 is 0. The van der Waals surface area contributed by atoms with Gasteiger partial charge in [-0.15, -0.1) is 0 Å². The maximum absolute atomic E-state index is 13.2. The molecule has 0 aliphatic carbocycles. The van der Waals surface area contributed by atoms with Crippen LogP contribution in [0, 0.1) is 12.3 Å². The van der Waals surface area contributed by atoms with Crippen LogP contribution in [0.5, 0.6) is 0 Å². The Labute approximate surface area is 176 Å². The first kappa shape index (κ1) is 19.6. The van der Waals surface area contributed by atoms with Crippen molar-refractivity contribution in [2.75, 3.05) is 0 Å². The lowest BCUT2D eigenvalue weighted by Crippen LogP contribution is -2.36. The third-order valence-electron chi connectivity index (χ3n) is 5.18. The van der Waals surface area contributed by atoms with Gasteiger partial charge in [0.05, 0.1) is 17.3 Å². The quantitative estimate of drug-likeness (QED) is 0.496. The number of carbonyl (C=O) groups is 1. The molecule has 1 aliphatic rings. The summed E-state index contributed by atoms with van der Waals surface area (Å²) in [5.74, 6) is -0.0335. The average Bonchev–Trinajstić information content (AvgIpc) is 3.12. The topological polar surface area (TPSA) is 45.6 Å². The SMILES string of the molecule is Cc1ccc2nc(Cl)c([C@H]3CC(c4ccccc4)=NN3C(=O)C(C)(C)C)cc2c1. The minimum Gasteiger partial charge on any atom is -0.272 e. The molecule has 0 fully saturated rings. The summed E-state index contributed by atoms with van der Waals surface area (Å²) in [6, 6.07) is 17.8. The predicted octanol–water partition coefficient (Wildman–Crippen LogP) is 5.92. The second-order valence-corrected chi connectivity index (χ2v) is 8.95. The van der Waals surface area contributed by atoms with Crippen molar-refractivity contribution in [3.8, 4) is 0 Å². The molecule has 0 radical (unpaired) electrons. The number of halogens is 1. The standard InChI is InChI=1S/C24H24ClN3O/c1-15-10-11-19-17(12-15)13-18(22(25)26-19)21-14-20(16-8-6-5-7-9-16)27-28(21)23(29)24(2,3)4/h5-13,21H,14H2,1-4H3/t21-/m1/s1. The maximum Gasteiger partial charge on any atom is 0.248 e. The zero-order valence-electron chi connectivity index (χ0n) is 17.1. The number of rotatable bonds is 2. The van der Waals surface area contributed by atoms with Crippen LogP contribution < -0.4 is 0 Å². The Bertz CT molecular complexity index is 1120. The summed E-state index contributed by atoms with van der Waals surface area (Å²) in [4.78, 5) is 17.8. The van der Waals surface area contributed by atoms with Crippen molar-refractivity contribution in [1.82, 2.24) is 9.99 Å². The van der Waals surface area contributed by atoms with E-state index >= 15 is 0 Å². The van der Waals surface area contributed by atoms with Crippen molar-refractivity contribution in [1.29, 1.82) is 0 Å². The molecule has 1 aromatic heterocycles. The minimum atomic E-state index is -0.554. The van der Waals surface area contributed by atoms with E-state index in [9.17, 15) is 4.79 Å². The van der Waals surface area contributed by atoms with Crippen LogP contribution in [-0.2, 0) is 4.79 Å². The summed E-state index contributed by atoms with van der Waals surface area (Å²) in [6.07, 6.45) is 0.602. The number of hydrogen-bond acceptors (Lipinski definition) is 3. The molecular formula is C24H24ClN3O. The van der Waals surface area contributed by atoms with Crippen LogP contribution in [0.15, 0.2) is 59.7 Å². The minimum absolute atomic E-state index is 0.0335. The molecule has 0 N–H and O–H groups in total. The molecule has 29 heavy (non-hydrogen) atoms. The zero-order chi connectivity index (χ0) is 20.8. The lowest BCUT2D eigenvalue weighted by atomic mass is 9.93. The molecule has 0 saturated carbocycles. The van der Waals surface area contributed by atoms with Gasteiger partial charge < -0.3 is 0 Å². The summed E-state index contributed by atoms with van der Waals surface area (Å²) in [5, 5.41) is 7.77. The van der Waals surface area contributed by atoms with Gasteiger partial charge in [0.2, 0.25) is 5.91 Å². The van der Waals surface area contributed by atoms with E-state index in [2.05, 4.69) is 24.0 Å². The number of aromatic nitrogens is 1. The zero-order valence-corrected chi connectivity index (χ0v) is 17.9. The number of nitrogens with zero attached hydrogens (tertiary/aromatic N) is 3. The fourth-order valence-corrected chi connectivity index (χ4v) is 3.88. The first-order valence-electron chi connectivity index (χ1n) is 9.77. The van der Waals surface area contributed by atoms with Crippen molar-refractivity contribution in [2.45, 2.75) is 40.2 Å². The van der Waals surface area contributed by atoms with Crippen molar-refractivity contribution in [2.24, 2.45) is 10.5 Å². The van der Waals surface area contributed by atoms with Gasteiger partial charge in [-0.3, -0.25) is 4.79 Å². The molecule has 0 bridgehead atoms. The second kappa shape index (κ2) is 7.27. The van der Waals surface area contributed by atoms with Gasteiger partial charge in [0.15, 0.2) is 0 Å². The highest BCUT2D eigenvalue weighted by Gasteiger charge is 2.39. The number of aryl methyl sites for hydroxylation is 1. The largest absolute Gasteiger partial charge is 0.272 e. The molecule has 1 aliphatic heterocycles. The molecule has 3 aromatic rings. The van der Waals surface area contributed by atoms with Crippen LogP contribution in [0.1, 0.15) is 49.9 Å². The molecule has 5 heteroatoms. The number of carbonyl (C=O) groups excluding carboxylic acids is 1. The number of pyridine rings is 1. The second-order valence-electron chi connectivity index (χ2n) is 8.60. The summed E-state index contributed by atoms with van der Waals surface area (Å²) in [7, 11) is 0. The van der Waals surface area contributed by atoms with Crippen LogP contribution in [0.2, 0.25) is 5.15 Å². The first-order valence-corrected chi connectivity index (χ1v) is 10.2. The Morgan fingerprint density at radius 1 is 1.10 bits per heavy atom. The van der Waals surface area contributed by atoms with Gasteiger partial charge in [-0.05, 0) is 30.7 Å². The third-order valence-corrected chi connectivity index (χ3v) is 5.48. The highest BCUT2D eigenvalue weighted by atomic mass is 35.5. The van der Waals surface area contributed by atoms with Gasteiger partial charge in [-0.25, -0.2) is 9.99 Å². The molecule has 1 amide bonds. The average molecular weight is 406 g/mol. The molecular weight excluding hydrogens is 382 g/mol. The number of hydrazone groups is 1. The fourth-order valence-electron chi connectivity index (χ4n) is 3.61. The molecule has 0 spiro atoms. The highest BCUT2D eigenvalue weighted by Crippen LogP contribution is 2.39. The van der Waals surface area contributed by atoms with Crippen molar-refractivity contribution < 1.29 is 4.79 Å². The summed E-state index contributed by atoms with van der Waals surface area (Å²) >= 11 is 6.60. The van der Waals surface area contributed by atoms with Crippen molar-refractivity contribution in [3.05, 3.63) is 76.4 Å². The van der Waals surface area contributed by atoms with Crippen LogP contribution >= 0.6 is 11.6 Å². The van der Waals surface area contributed by atoms with E-state index in [0.29, 0.717) is 11.6 Å². The number of amides is 1. The number of fused-ring (bicyclic) bond motifs is 1. The Hall–Kier alpha value is -2.72. The summed E-state index contributed by atoms with van der Waals surface area (Å²) in [6.45, 7) is 7.78.